The van der Waals surface area contributed by atoms with Crippen LogP contribution in [0.15, 0.2) is 77.2 Å². The van der Waals surface area contributed by atoms with Crippen molar-refractivity contribution in [3.8, 4) is 28.7 Å². The van der Waals surface area contributed by atoms with Crippen molar-refractivity contribution in [1.29, 1.82) is 0 Å². The molecule has 0 aliphatic carbocycles. The second-order valence-electron chi connectivity index (χ2n) is 6.15. The molecule has 0 fully saturated rings. The second kappa shape index (κ2) is 8.16. The number of carbonyl (C=O) groups excluding carboxylic acids is 1. The Hall–Kier alpha value is -3.64. The molecule has 29 heavy (non-hydrogen) atoms. The van der Waals surface area contributed by atoms with Crippen molar-refractivity contribution in [3.05, 3.63) is 83.4 Å². The number of ether oxygens (including phenoxy) is 1. The molecule has 1 N–H and O–H groups in total. The van der Waals surface area contributed by atoms with Gasteiger partial charge in [0.25, 0.3) is 5.91 Å². The summed E-state index contributed by atoms with van der Waals surface area (Å²) in [6.07, 6.45) is 0. The minimum Gasteiger partial charge on any atom is -0.497 e. The van der Waals surface area contributed by atoms with E-state index in [9.17, 15) is 4.79 Å². The molecule has 1 heterocycles. The highest BCUT2D eigenvalue weighted by Crippen LogP contribution is 2.33. The van der Waals surface area contributed by atoms with Gasteiger partial charge < -0.3 is 14.5 Å². The number of methoxy groups -OCH3 is 1. The van der Waals surface area contributed by atoms with E-state index in [1.807, 2.05) is 6.07 Å². The summed E-state index contributed by atoms with van der Waals surface area (Å²) >= 11 is 5.93. The number of halogens is 1. The highest BCUT2D eigenvalue weighted by molar-refractivity contribution is 6.30. The van der Waals surface area contributed by atoms with Crippen molar-refractivity contribution >= 4 is 23.2 Å². The Balaban J connectivity index is 1.69. The van der Waals surface area contributed by atoms with Crippen molar-refractivity contribution in [2.24, 2.45) is 0 Å². The summed E-state index contributed by atoms with van der Waals surface area (Å²) in [5.41, 5.74) is 2.37. The average Bonchev–Trinajstić information content (AvgIpc) is 3.25. The summed E-state index contributed by atoms with van der Waals surface area (Å²) in [5, 5.41) is 11.8. The topological polar surface area (TPSA) is 77.2 Å². The number of nitrogens with zero attached hydrogens (tertiary/aromatic N) is 2. The zero-order chi connectivity index (χ0) is 20.2. The van der Waals surface area contributed by atoms with Crippen molar-refractivity contribution in [2.75, 3.05) is 12.4 Å². The molecule has 0 saturated carbocycles. The molecule has 3 aromatic carbocycles. The van der Waals surface area contributed by atoms with Crippen LogP contribution in [0.5, 0.6) is 5.75 Å². The van der Waals surface area contributed by atoms with Crippen molar-refractivity contribution in [3.63, 3.8) is 0 Å². The molecular formula is C22H16ClN3O3. The number of carbonyl (C=O) groups is 1. The fourth-order valence-electron chi connectivity index (χ4n) is 2.76. The van der Waals surface area contributed by atoms with Crippen molar-refractivity contribution < 1.29 is 13.9 Å². The first-order valence-electron chi connectivity index (χ1n) is 8.78. The quantitative estimate of drug-likeness (QED) is 0.486. The van der Waals surface area contributed by atoms with Crippen LogP contribution in [0.25, 0.3) is 22.9 Å². The largest absolute Gasteiger partial charge is 0.497 e. The van der Waals surface area contributed by atoms with E-state index in [0.717, 1.165) is 5.56 Å². The van der Waals surface area contributed by atoms with Crippen LogP contribution in [-0.2, 0) is 0 Å². The lowest BCUT2D eigenvalue weighted by Crippen LogP contribution is -2.12. The molecule has 0 bridgehead atoms. The average molecular weight is 406 g/mol. The normalized spacial score (nSPS) is 10.6. The first kappa shape index (κ1) is 18.7. The van der Waals surface area contributed by atoms with E-state index < -0.39 is 0 Å². The van der Waals surface area contributed by atoms with Gasteiger partial charge in [0.1, 0.15) is 5.75 Å². The van der Waals surface area contributed by atoms with E-state index in [1.165, 1.54) is 0 Å². The number of hydrogen-bond donors (Lipinski definition) is 1. The van der Waals surface area contributed by atoms with E-state index in [2.05, 4.69) is 15.5 Å². The van der Waals surface area contributed by atoms with Gasteiger partial charge in [-0.15, -0.1) is 10.2 Å². The lowest BCUT2D eigenvalue weighted by atomic mass is 10.1. The van der Waals surface area contributed by atoms with E-state index in [1.54, 1.807) is 73.8 Å². The highest BCUT2D eigenvalue weighted by atomic mass is 35.5. The maximum atomic E-state index is 12.6. The van der Waals surface area contributed by atoms with Crippen LogP contribution in [0.1, 0.15) is 10.4 Å². The number of rotatable bonds is 5. The van der Waals surface area contributed by atoms with Gasteiger partial charge in [0.15, 0.2) is 0 Å². The number of hydrogen-bond acceptors (Lipinski definition) is 5. The number of aromatic nitrogens is 2. The molecule has 1 amide bonds. The molecule has 0 aliphatic rings. The summed E-state index contributed by atoms with van der Waals surface area (Å²) in [6.45, 7) is 0. The maximum absolute atomic E-state index is 12.6. The molecule has 144 valence electrons. The standard InChI is InChI=1S/C22H16ClN3O3/c1-28-17-11-12-19(24-20(27)14-5-3-2-4-6-14)18(13-17)22-26-25-21(29-22)15-7-9-16(23)10-8-15/h2-13H,1H3,(H,24,27). The van der Waals surface area contributed by atoms with E-state index in [-0.39, 0.29) is 11.8 Å². The Morgan fingerprint density at radius 2 is 1.69 bits per heavy atom. The summed E-state index contributed by atoms with van der Waals surface area (Å²) in [5.74, 6) is 0.968. The second-order valence-corrected chi connectivity index (χ2v) is 6.59. The van der Waals surface area contributed by atoms with Crippen molar-refractivity contribution in [2.45, 2.75) is 0 Å². The van der Waals surface area contributed by atoms with E-state index >= 15 is 0 Å². The summed E-state index contributed by atoms with van der Waals surface area (Å²) in [6, 6.07) is 21.3. The van der Waals surface area contributed by atoms with Gasteiger partial charge in [-0.1, -0.05) is 29.8 Å². The molecular weight excluding hydrogens is 390 g/mol. The van der Waals surface area contributed by atoms with Gasteiger partial charge >= 0.3 is 0 Å². The van der Waals surface area contributed by atoms with Crippen LogP contribution in [0.2, 0.25) is 5.02 Å². The van der Waals surface area contributed by atoms with Crippen LogP contribution >= 0.6 is 11.6 Å². The van der Waals surface area contributed by atoms with Gasteiger partial charge in [-0.3, -0.25) is 4.79 Å². The number of nitrogens with one attached hydrogen (secondary N) is 1. The number of benzene rings is 3. The maximum Gasteiger partial charge on any atom is 0.255 e. The Bertz CT molecular complexity index is 1140. The fourth-order valence-corrected chi connectivity index (χ4v) is 2.89. The molecule has 6 nitrogen and oxygen atoms in total. The van der Waals surface area contributed by atoms with Crippen LogP contribution < -0.4 is 10.1 Å². The fraction of sp³-hybridized carbons (Fsp3) is 0.0455. The van der Waals surface area contributed by atoms with Gasteiger partial charge in [-0.2, -0.15) is 0 Å². The molecule has 0 unspecified atom stereocenters. The summed E-state index contributed by atoms with van der Waals surface area (Å²) in [7, 11) is 1.56. The molecule has 1 aromatic heterocycles. The van der Waals surface area contributed by atoms with Crippen molar-refractivity contribution in [1.82, 2.24) is 10.2 Å². The molecule has 0 spiro atoms. The third kappa shape index (κ3) is 4.12. The van der Waals surface area contributed by atoms with E-state index in [4.69, 9.17) is 20.8 Å². The Labute approximate surface area is 172 Å². The van der Waals surface area contributed by atoms with Gasteiger partial charge in [-0.25, -0.2) is 0 Å². The number of amides is 1. The van der Waals surface area contributed by atoms with Gasteiger partial charge in [0.05, 0.1) is 18.4 Å². The summed E-state index contributed by atoms with van der Waals surface area (Å²) < 4.78 is 11.2. The lowest BCUT2D eigenvalue weighted by Gasteiger charge is -2.10. The zero-order valence-corrected chi connectivity index (χ0v) is 16.2. The van der Waals surface area contributed by atoms with Crippen LogP contribution in [0.3, 0.4) is 0 Å². The predicted molar refractivity (Wildman–Crippen MR) is 111 cm³/mol. The van der Waals surface area contributed by atoms with Gasteiger partial charge in [0.2, 0.25) is 11.8 Å². The first-order chi connectivity index (χ1) is 14.1. The SMILES string of the molecule is COc1ccc(NC(=O)c2ccccc2)c(-c2nnc(-c3ccc(Cl)cc3)o2)c1. The molecule has 0 radical (unpaired) electrons. The Morgan fingerprint density at radius 1 is 0.966 bits per heavy atom. The molecule has 4 rings (SSSR count). The molecule has 7 heteroatoms. The third-order valence-corrected chi connectivity index (χ3v) is 4.51. The van der Waals surface area contributed by atoms with Gasteiger partial charge in [0, 0.05) is 16.1 Å². The lowest BCUT2D eigenvalue weighted by molar-refractivity contribution is 0.102. The molecule has 0 atom stereocenters. The van der Waals surface area contributed by atoms with Crippen LogP contribution in [0.4, 0.5) is 5.69 Å². The monoisotopic (exact) mass is 405 g/mol. The number of anilines is 1. The minimum atomic E-state index is -0.241. The van der Waals surface area contributed by atoms with Crippen LogP contribution in [0, 0.1) is 0 Å². The Morgan fingerprint density at radius 3 is 2.41 bits per heavy atom. The first-order valence-corrected chi connectivity index (χ1v) is 9.16. The Kier molecular flexibility index (Phi) is 5.27. The minimum absolute atomic E-state index is 0.241. The molecule has 0 saturated heterocycles. The smallest absolute Gasteiger partial charge is 0.255 e. The van der Waals surface area contributed by atoms with E-state index in [0.29, 0.717) is 33.5 Å². The van der Waals surface area contributed by atoms with Gasteiger partial charge in [-0.05, 0) is 54.6 Å². The third-order valence-electron chi connectivity index (χ3n) is 4.26. The highest BCUT2D eigenvalue weighted by Gasteiger charge is 2.17. The zero-order valence-electron chi connectivity index (χ0n) is 15.4. The predicted octanol–water partition coefficient (Wildman–Crippen LogP) is 5.32. The summed E-state index contributed by atoms with van der Waals surface area (Å²) in [4.78, 5) is 12.6. The molecule has 4 aromatic rings. The molecule has 0 aliphatic heterocycles. The van der Waals surface area contributed by atoms with Crippen LogP contribution in [-0.4, -0.2) is 23.2 Å².